The number of amides is 2. The Kier molecular flexibility index (Phi) is 5.69. The molecule has 2 heterocycles. The van der Waals surface area contributed by atoms with Crippen LogP contribution in [0.3, 0.4) is 0 Å². The molecule has 30 heavy (non-hydrogen) atoms. The molecule has 0 atom stereocenters. The van der Waals surface area contributed by atoms with Crippen LogP contribution in [0.25, 0.3) is 0 Å². The van der Waals surface area contributed by atoms with Crippen LogP contribution in [-0.4, -0.2) is 53.2 Å². The number of benzene rings is 1. The van der Waals surface area contributed by atoms with E-state index < -0.39 is 11.1 Å². The maximum Gasteiger partial charge on any atom is 0.446 e. The third kappa shape index (κ3) is 5.08. The van der Waals surface area contributed by atoms with Gasteiger partial charge in [-0.05, 0) is 54.8 Å². The van der Waals surface area contributed by atoms with Gasteiger partial charge >= 0.3 is 5.51 Å². The summed E-state index contributed by atoms with van der Waals surface area (Å²) in [5.74, 6) is 0.171. The molecular formula is C20H22F3N3O3S. The predicted octanol–water partition coefficient (Wildman–Crippen LogP) is 3.58. The fourth-order valence-electron chi connectivity index (χ4n) is 3.67. The zero-order valence-corrected chi connectivity index (χ0v) is 17.0. The number of carbonyl (C=O) groups is 2. The molecule has 2 fully saturated rings. The van der Waals surface area contributed by atoms with E-state index in [1.165, 1.54) is 24.3 Å². The van der Waals surface area contributed by atoms with Gasteiger partial charge in [-0.3, -0.25) is 9.59 Å². The number of hydrogen-bond acceptors (Lipinski definition) is 5. The number of nitrogens with zero attached hydrogens (tertiary/aromatic N) is 2. The Morgan fingerprint density at radius 2 is 1.87 bits per heavy atom. The standard InChI is InChI=1S/C20H22F3N3O3S/c21-20(22,23)30-15-5-3-14(4-6-15)18(28)26-9-7-19(8-10-26)11-16(25-29-19)17(27)24-12-13-1-2-13/h3-6,13H,1-2,7-12H2,(H,24,27). The van der Waals surface area contributed by atoms with Gasteiger partial charge in [0.2, 0.25) is 0 Å². The summed E-state index contributed by atoms with van der Waals surface area (Å²) in [5, 5.41) is 6.87. The van der Waals surface area contributed by atoms with E-state index in [0.717, 1.165) is 12.8 Å². The Bertz CT molecular complexity index is 845. The number of piperidine rings is 1. The predicted molar refractivity (Wildman–Crippen MR) is 105 cm³/mol. The minimum absolute atomic E-state index is 0.0423. The topological polar surface area (TPSA) is 71.0 Å². The van der Waals surface area contributed by atoms with Crippen LogP contribution in [0.15, 0.2) is 34.3 Å². The number of rotatable bonds is 5. The molecule has 1 aromatic carbocycles. The largest absolute Gasteiger partial charge is 0.446 e. The van der Waals surface area contributed by atoms with Crippen molar-refractivity contribution in [3.05, 3.63) is 29.8 Å². The van der Waals surface area contributed by atoms with Crippen LogP contribution in [0.4, 0.5) is 13.2 Å². The van der Waals surface area contributed by atoms with Crippen molar-refractivity contribution in [3.63, 3.8) is 0 Å². The van der Waals surface area contributed by atoms with E-state index in [9.17, 15) is 22.8 Å². The van der Waals surface area contributed by atoms with Crippen molar-refractivity contribution < 1.29 is 27.6 Å². The highest BCUT2D eigenvalue weighted by atomic mass is 32.2. The van der Waals surface area contributed by atoms with Gasteiger partial charge in [0.05, 0.1) is 0 Å². The highest BCUT2D eigenvalue weighted by molar-refractivity contribution is 8.00. The van der Waals surface area contributed by atoms with Gasteiger partial charge in [0.25, 0.3) is 11.8 Å². The van der Waals surface area contributed by atoms with E-state index in [1.54, 1.807) is 4.90 Å². The van der Waals surface area contributed by atoms with Crippen LogP contribution in [0.1, 0.15) is 42.5 Å². The van der Waals surface area contributed by atoms with Gasteiger partial charge in [0.1, 0.15) is 11.3 Å². The molecule has 1 N–H and O–H groups in total. The van der Waals surface area contributed by atoms with Crippen molar-refractivity contribution >= 4 is 29.3 Å². The molecule has 1 spiro atoms. The second-order valence-corrected chi connectivity index (χ2v) is 9.15. The van der Waals surface area contributed by atoms with Crippen LogP contribution < -0.4 is 5.32 Å². The number of halogens is 3. The lowest BCUT2D eigenvalue weighted by Crippen LogP contribution is -2.47. The number of carbonyl (C=O) groups excluding carboxylic acids is 2. The Balaban J connectivity index is 1.28. The molecular weight excluding hydrogens is 419 g/mol. The number of alkyl halides is 3. The van der Waals surface area contributed by atoms with Crippen molar-refractivity contribution in [2.24, 2.45) is 11.1 Å². The van der Waals surface area contributed by atoms with E-state index in [4.69, 9.17) is 4.84 Å². The maximum atomic E-state index is 12.7. The van der Waals surface area contributed by atoms with E-state index in [-0.39, 0.29) is 28.5 Å². The second kappa shape index (κ2) is 8.13. The van der Waals surface area contributed by atoms with Gasteiger partial charge in [-0.1, -0.05) is 5.16 Å². The second-order valence-electron chi connectivity index (χ2n) is 8.01. The molecule has 1 aliphatic carbocycles. The third-order valence-corrected chi connectivity index (χ3v) is 6.39. The van der Waals surface area contributed by atoms with Crippen LogP contribution in [-0.2, 0) is 9.63 Å². The summed E-state index contributed by atoms with van der Waals surface area (Å²) in [5.41, 5.74) is -4.17. The van der Waals surface area contributed by atoms with Crippen LogP contribution in [0, 0.1) is 5.92 Å². The molecule has 0 unspecified atom stereocenters. The monoisotopic (exact) mass is 441 g/mol. The number of oxime groups is 1. The fraction of sp³-hybridized carbons (Fsp3) is 0.550. The van der Waals surface area contributed by atoms with Gasteiger partial charge < -0.3 is 15.1 Å². The van der Waals surface area contributed by atoms with Crippen molar-refractivity contribution in [1.29, 1.82) is 0 Å². The molecule has 162 valence electrons. The Hall–Kier alpha value is -2.23. The van der Waals surface area contributed by atoms with Crippen LogP contribution >= 0.6 is 11.8 Å². The van der Waals surface area contributed by atoms with Gasteiger partial charge in [0, 0.05) is 49.4 Å². The first-order chi connectivity index (χ1) is 14.2. The van der Waals surface area contributed by atoms with Crippen molar-refractivity contribution in [2.45, 2.75) is 48.1 Å². The van der Waals surface area contributed by atoms with Gasteiger partial charge in [-0.15, -0.1) is 0 Å². The smallest absolute Gasteiger partial charge is 0.388 e. The third-order valence-electron chi connectivity index (χ3n) is 5.65. The lowest BCUT2D eigenvalue weighted by atomic mass is 9.86. The molecule has 6 nitrogen and oxygen atoms in total. The Morgan fingerprint density at radius 3 is 2.47 bits per heavy atom. The quantitative estimate of drug-likeness (QED) is 0.710. The van der Waals surface area contributed by atoms with Crippen molar-refractivity contribution in [1.82, 2.24) is 10.2 Å². The molecule has 1 aromatic rings. The minimum atomic E-state index is -4.36. The van der Waals surface area contributed by atoms with Gasteiger partial charge in [-0.25, -0.2) is 0 Å². The molecule has 2 amide bonds. The van der Waals surface area contributed by atoms with E-state index in [0.29, 0.717) is 56.1 Å². The first kappa shape index (κ1) is 21.0. The molecule has 1 saturated heterocycles. The number of likely N-dealkylation sites (tertiary alicyclic amines) is 1. The first-order valence-corrected chi connectivity index (χ1v) is 10.7. The average molecular weight is 441 g/mol. The summed E-state index contributed by atoms with van der Waals surface area (Å²) in [4.78, 5) is 32.2. The molecule has 0 radical (unpaired) electrons. The van der Waals surface area contributed by atoms with E-state index in [2.05, 4.69) is 10.5 Å². The highest BCUT2D eigenvalue weighted by Crippen LogP contribution is 2.37. The lowest BCUT2D eigenvalue weighted by molar-refractivity contribution is -0.115. The summed E-state index contributed by atoms with van der Waals surface area (Å²) in [6.45, 7) is 1.54. The summed E-state index contributed by atoms with van der Waals surface area (Å²) in [6.07, 6.45) is 3.82. The Labute approximate surface area is 176 Å². The molecule has 2 aliphatic heterocycles. The normalized spacial score (nSPS) is 20.6. The maximum absolute atomic E-state index is 12.7. The van der Waals surface area contributed by atoms with Gasteiger partial charge in [0.15, 0.2) is 0 Å². The minimum Gasteiger partial charge on any atom is -0.388 e. The van der Waals surface area contributed by atoms with E-state index >= 15 is 0 Å². The summed E-state index contributed by atoms with van der Waals surface area (Å²) in [7, 11) is 0. The zero-order chi connectivity index (χ0) is 21.4. The first-order valence-electron chi connectivity index (χ1n) is 9.91. The molecule has 1 saturated carbocycles. The summed E-state index contributed by atoms with van der Waals surface area (Å²) >= 11 is -0.207. The SMILES string of the molecule is O=C(NCC1CC1)C1=NOC2(CCN(C(=O)c3ccc(SC(F)(F)F)cc3)CC2)C1. The summed E-state index contributed by atoms with van der Waals surface area (Å²) < 4.78 is 37.3. The van der Waals surface area contributed by atoms with Crippen molar-refractivity contribution in [2.75, 3.05) is 19.6 Å². The van der Waals surface area contributed by atoms with Gasteiger partial charge in [-0.2, -0.15) is 13.2 Å². The summed E-state index contributed by atoms with van der Waals surface area (Å²) in [6, 6.07) is 5.44. The molecule has 0 aromatic heterocycles. The molecule has 3 aliphatic rings. The number of hydrogen-bond donors (Lipinski definition) is 1. The molecule has 10 heteroatoms. The van der Waals surface area contributed by atoms with Crippen LogP contribution in [0.2, 0.25) is 0 Å². The lowest BCUT2D eigenvalue weighted by Gasteiger charge is -2.37. The fourth-order valence-corrected chi connectivity index (χ4v) is 4.21. The zero-order valence-electron chi connectivity index (χ0n) is 16.2. The molecule has 0 bridgehead atoms. The number of nitrogens with one attached hydrogen (secondary N) is 1. The highest BCUT2D eigenvalue weighted by Gasteiger charge is 2.44. The molecule has 4 rings (SSSR count). The van der Waals surface area contributed by atoms with Crippen molar-refractivity contribution in [3.8, 4) is 0 Å². The average Bonchev–Trinajstić information content (AvgIpc) is 3.45. The Morgan fingerprint density at radius 1 is 1.20 bits per heavy atom. The van der Waals surface area contributed by atoms with E-state index in [1.807, 2.05) is 0 Å². The van der Waals surface area contributed by atoms with Crippen LogP contribution in [0.5, 0.6) is 0 Å². The number of thioether (sulfide) groups is 1.